The third kappa shape index (κ3) is 1.70. The SMILES string of the molecule is O=S(O)c1cccc(-c2nnco2)c1. The van der Waals surface area contributed by atoms with E-state index in [9.17, 15) is 4.21 Å². The lowest BCUT2D eigenvalue weighted by Crippen LogP contribution is -1.88. The zero-order valence-corrected chi connectivity index (χ0v) is 7.77. The third-order valence-corrected chi connectivity index (χ3v) is 2.30. The molecule has 0 bridgehead atoms. The molecule has 1 N–H and O–H groups in total. The molecule has 0 spiro atoms. The van der Waals surface area contributed by atoms with Crippen LogP contribution in [0, 0.1) is 0 Å². The Hall–Kier alpha value is -1.53. The summed E-state index contributed by atoms with van der Waals surface area (Å²) in [6, 6.07) is 6.46. The fourth-order valence-corrected chi connectivity index (χ4v) is 1.46. The number of nitrogens with zero attached hydrogens (tertiary/aromatic N) is 2. The van der Waals surface area contributed by atoms with Gasteiger partial charge in [0.15, 0.2) is 11.1 Å². The number of rotatable bonds is 2. The Labute approximate surface area is 82.1 Å². The van der Waals surface area contributed by atoms with Crippen molar-refractivity contribution in [2.24, 2.45) is 0 Å². The molecular weight excluding hydrogens is 204 g/mol. The van der Waals surface area contributed by atoms with E-state index in [4.69, 9.17) is 8.97 Å². The van der Waals surface area contributed by atoms with Crippen molar-refractivity contribution >= 4 is 11.1 Å². The molecule has 0 saturated heterocycles. The molecule has 2 rings (SSSR count). The van der Waals surface area contributed by atoms with Crippen molar-refractivity contribution in [1.29, 1.82) is 0 Å². The Morgan fingerprint density at radius 1 is 1.43 bits per heavy atom. The molecule has 0 amide bonds. The molecule has 1 unspecified atom stereocenters. The zero-order valence-electron chi connectivity index (χ0n) is 6.95. The van der Waals surface area contributed by atoms with Gasteiger partial charge in [-0.2, -0.15) is 0 Å². The van der Waals surface area contributed by atoms with Gasteiger partial charge in [0.2, 0.25) is 12.3 Å². The largest absolute Gasteiger partial charge is 0.423 e. The van der Waals surface area contributed by atoms with Crippen LogP contribution in [0.3, 0.4) is 0 Å². The Kier molecular flexibility index (Phi) is 2.38. The minimum absolute atomic E-state index is 0.306. The van der Waals surface area contributed by atoms with Gasteiger partial charge in [0.25, 0.3) is 0 Å². The summed E-state index contributed by atoms with van der Waals surface area (Å²) in [5, 5.41) is 7.21. The second-order valence-corrected chi connectivity index (χ2v) is 3.49. The number of hydrogen-bond acceptors (Lipinski definition) is 4. The molecule has 5 nitrogen and oxygen atoms in total. The molecule has 0 aliphatic rings. The van der Waals surface area contributed by atoms with Crippen LogP contribution < -0.4 is 0 Å². The summed E-state index contributed by atoms with van der Waals surface area (Å²) in [6.07, 6.45) is 1.21. The molecule has 1 aromatic heterocycles. The van der Waals surface area contributed by atoms with Crippen molar-refractivity contribution in [3.05, 3.63) is 30.7 Å². The van der Waals surface area contributed by atoms with E-state index in [-0.39, 0.29) is 0 Å². The van der Waals surface area contributed by atoms with Crippen LogP contribution >= 0.6 is 0 Å². The lowest BCUT2D eigenvalue weighted by molar-refractivity contribution is 0.563. The molecular formula is C8H6N2O3S. The molecule has 0 saturated carbocycles. The van der Waals surface area contributed by atoms with Crippen molar-refractivity contribution in [2.45, 2.75) is 4.90 Å². The van der Waals surface area contributed by atoms with Crippen LogP contribution in [0.25, 0.3) is 11.5 Å². The first-order valence-electron chi connectivity index (χ1n) is 3.75. The van der Waals surface area contributed by atoms with Gasteiger partial charge < -0.3 is 8.97 Å². The quantitative estimate of drug-likeness (QED) is 0.756. The number of hydrogen-bond donors (Lipinski definition) is 1. The first kappa shape index (κ1) is 9.04. The minimum atomic E-state index is -1.99. The Morgan fingerprint density at radius 2 is 2.29 bits per heavy atom. The van der Waals surface area contributed by atoms with E-state index in [1.54, 1.807) is 18.2 Å². The van der Waals surface area contributed by atoms with Gasteiger partial charge in [-0.05, 0) is 18.2 Å². The highest BCUT2D eigenvalue weighted by Gasteiger charge is 2.06. The van der Waals surface area contributed by atoms with E-state index >= 15 is 0 Å². The molecule has 72 valence electrons. The van der Waals surface area contributed by atoms with Crippen LogP contribution in [0.2, 0.25) is 0 Å². The van der Waals surface area contributed by atoms with Gasteiger partial charge >= 0.3 is 0 Å². The highest BCUT2D eigenvalue weighted by atomic mass is 32.2. The van der Waals surface area contributed by atoms with Gasteiger partial charge in [0, 0.05) is 5.56 Å². The van der Waals surface area contributed by atoms with Crippen LogP contribution in [0.1, 0.15) is 0 Å². The normalized spacial score (nSPS) is 12.6. The molecule has 0 aliphatic heterocycles. The van der Waals surface area contributed by atoms with Crippen molar-refractivity contribution in [2.75, 3.05) is 0 Å². The second kappa shape index (κ2) is 3.69. The zero-order chi connectivity index (χ0) is 9.97. The fraction of sp³-hybridized carbons (Fsp3) is 0. The van der Waals surface area contributed by atoms with Gasteiger partial charge in [-0.1, -0.05) is 6.07 Å². The first-order valence-corrected chi connectivity index (χ1v) is 4.85. The van der Waals surface area contributed by atoms with Crippen molar-refractivity contribution in [3.63, 3.8) is 0 Å². The smallest absolute Gasteiger partial charge is 0.247 e. The average molecular weight is 210 g/mol. The van der Waals surface area contributed by atoms with E-state index < -0.39 is 11.1 Å². The minimum Gasteiger partial charge on any atom is -0.423 e. The molecule has 0 fully saturated rings. The summed E-state index contributed by atoms with van der Waals surface area (Å²) in [4.78, 5) is 0.306. The van der Waals surface area contributed by atoms with E-state index in [0.717, 1.165) is 0 Å². The molecule has 1 aromatic carbocycles. The predicted molar refractivity (Wildman–Crippen MR) is 48.8 cm³/mol. The van der Waals surface area contributed by atoms with Gasteiger partial charge in [-0.3, -0.25) is 0 Å². The van der Waals surface area contributed by atoms with Crippen LogP contribution in [0.15, 0.2) is 40.0 Å². The lowest BCUT2D eigenvalue weighted by Gasteiger charge is -1.96. The maximum absolute atomic E-state index is 10.8. The van der Waals surface area contributed by atoms with Gasteiger partial charge in [0.1, 0.15) is 0 Å². The molecule has 14 heavy (non-hydrogen) atoms. The van der Waals surface area contributed by atoms with Crippen LogP contribution in [0.5, 0.6) is 0 Å². The third-order valence-electron chi connectivity index (χ3n) is 1.64. The fourth-order valence-electron chi connectivity index (χ4n) is 1.04. The maximum Gasteiger partial charge on any atom is 0.247 e. The topological polar surface area (TPSA) is 76.2 Å². The van der Waals surface area contributed by atoms with Crippen LogP contribution in [-0.2, 0) is 11.1 Å². The highest BCUT2D eigenvalue weighted by Crippen LogP contribution is 2.18. The second-order valence-electron chi connectivity index (χ2n) is 2.52. The molecule has 0 aliphatic carbocycles. The molecule has 0 radical (unpaired) electrons. The lowest BCUT2D eigenvalue weighted by atomic mass is 10.2. The van der Waals surface area contributed by atoms with E-state index in [1.165, 1.54) is 12.5 Å². The van der Waals surface area contributed by atoms with E-state index in [1.807, 2.05) is 0 Å². The Morgan fingerprint density at radius 3 is 2.93 bits per heavy atom. The van der Waals surface area contributed by atoms with Gasteiger partial charge in [0.05, 0.1) is 4.90 Å². The molecule has 1 heterocycles. The molecule has 1 atom stereocenters. The number of benzene rings is 1. The van der Waals surface area contributed by atoms with Crippen molar-refractivity contribution < 1.29 is 13.2 Å². The average Bonchev–Trinajstić information content (AvgIpc) is 2.71. The summed E-state index contributed by atoms with van der Waals surface area (Å²) in [5.41, 5.74) is 0.627. The van der Waals surface area contributed by atoms with E-state index in [0.29, 0.717) is 16.3 Å². The van der Waals surface area contributed by atoms with E-state index in [2.05, 4.69) is 10.2 Å². The molecule has 2 aromatic rings. The highest BCUT2D eigenvalue weighted by molar-refractivity contribution is 7.79. The Balaban J connectivity index is 2.46. The summed E-state index contributed by atoms with van der Waals surface area (Å²) in [6.45, 7) is 0. The predicted octanol–water partition coefficient (Wildman–Crippen LogP) is 1.32. The summed E-state index contributed by atoms with van der Waals surface area (Å²) >= 11 is -1.99. The van der Waals surface area contributed by atoms with Crippen molar-refractivity contribution in [3.8, 4) is 11.5 Å². The monoisotopic (exact) mass is 210 g/mol. The summed E-state index contributed by atoms with van der Waals surface area (Å²) in [5.74, 6) is 0.331. The maximum atomic E-state index is 10.8. The number of aromatic nitrogens is 2. The Bertz CT molecular complexity index is 455. The van der Waals surface area contributed by atoms with Crippen LogP contribution in [0.4, 0.5) is 0 Å². The first-order chi connectivity index (χ1) is 6.77. The van der Waals surface area contributed by atoms with Gasteiger partial charge in [-0.25, -0.2) is 4.21 Å². The van der Waals surface area contributed by atoms with Crippen molar-refractivity contribution in [1.82, 2.24) is 10.2 Å². The van der Waals surface area contributed by atoms with Crippen LogP contribution in [-0.4, -0.2) is 19.0 Å². The summed E-state index contributed by atoms with van der Waals surface area (Å²) < 4.78 is 24.6. The summed E-state index contributed by atoms with van der Waals surface area (Å²) in [7, 11) is 0. The van der Waals surface area contributed by atoms with Gasteiger partial charge in [-0.15, -0.1) is 10.2 Å². The standard InChI is InChI=1S/C8H6N2O3S/c11-14(12)7-3-1-2-6(4-7)8-10-9-5-13-8/h1-5H,(H,11,12). The molecule has 6 heteroatoms.